The SMILES string of the molecule is Cn1ccc(NC(=O)Cn2c(=O)cnc3ccccc32)n1. The molecular weight excluding hydrogens is 270 g/mol. The summed E-state index contributed by atoms with van der Waals surface area (Å²) in [7, 11) is 1.76. The molecule has 21 heavy (non-hydrogen) atoms. The average molecular weight is 283 g/mol. The van der Waals surface area contributed by atoms with Gasteiger partial charge in [0.1, 0.15) is 6.54 Å². The fourth-order valence-corrected chi connectivity index (χ4v) is 2.09. The van der Waals surface area contributed by atoms with Crippen LogP contribution in [0.4, 0.5) is 5.82 Å². The van der Waals surface area contributed by atoms with Crippen LogP contribution in [0.2, 0.25) is 0 Å². The van der Waals surface area contributed by atoms with Crippen molar-refractivity contribution in [3.63, 3.8) is 0 Å². The third-order valence-corrected chi connectivity index (χ3v) is 3.04. The maximum atomic E-state index is 12.0. The predicted octanol–water partition coefficient (Wildman–Crippen LogP) is 0.769. The van der Waals surface area contributed by atoms with Crippen LogP contribution in [-0.4, -0.2) is 25.2 Å². The number of nitrogens with zero attached hydrogens (tertiary/aromatic N) is 4. The Labute approximate surface area is 119 Å². The highest BCUT2D eigenvalue weighted by atomic mass is 16.2. The van der Waals surface area contributed by atoms with E-state index in [0.29, 0.717) is 16.9 Å². The van der Waals surface area contributed by atoms with Crippen molar-refractivity contribution in [2.45, 2.75) is 6.54 Å². The van der Waals surface area contributed by atoms with Gasteiger partial charge in [-0.3, -0.25) is 18.8 Å². The number of amides is 1. The first-order valence-electron chi connectivity index (χ1n) is 6.37. The molecule has 1 aromatic carbocycles. The van der Waals surface area contributed by atoms with Gasteiger partial charge in [0.05, 0.1) is 17.2 Å². The molecule has 0 saturated heterocycles. The number of fused-ring (bicyclic) bond motifs is 1. The molecule has 106 valence electrons. The lowest BCUT2D eigenvalue weighted by atomic mass is 10.3. The van der Waals surface area contributed by atoms with Gasteiger partial charge in [0.25, 0.3) is 5.56 Å². The number of nitrogens with one attached hydrogen (secondary N) is 1. The van der Waals surface area contributed by atoms with Crippen molar-refractivity contribution in [3.8, 4) is 0 Å². The van der Waals surface area contributed by atoms with Crippen molar-refractivity contribution in [2.75, 3.05) is 5.32 Å². The maximum Gasteiger partial charge on any atom is 0.269 e. The third-order valence-electron chi connectivity index (χ3n) is 3.04. The Morgan fingerprint density at radius 3 is 2.86 bits per heavy atom. The quantitative estimate of drug-likeness (QED) is 0.769. The van der Waals surface area contributed by atoms with Crippen LogP contribution in [0, 0.1) is 0 Å². The molecule has 2 aromatic heterocycles. The number of benzene rings is 1. The second-order valence-corrected chi connectivity index (χ2v) is 4.59. The van der Waals surface area contributed by atoms with Gasteiger partial charge in [-0.25, -0.2) is 4.98 Å². The highest BCUT2D eigenvalue weighted by Crippen LogP contribution is 2.08. The first kappa shape index (κ1) is 13.0. The third kappa shape index (κ3) is 2.66. The van der Waals surface area contributed by atoms with Crippen molar-refractivity contribution in [1.82, 2.24) is 19.3 Å². The summed E-state index contributed by atoms with van der Waals surface area (Å²) >= 11 is 0. The summed E-state index contributed by atoms with van der Waals surface area (Å²) in [5, 5.41) is 6.71. The van der Waals surface area contributed by atoms with E-state index in [-0.39, 0.29) is 18.0 Å². The van der Waals surface area contributed by atoms with Crippen LogP contribution in [-0.2, 0) is 18.4 Å². The Hall–Kier alpha value is -2.96. The molecule has 0 saturated carbocycles. The summed E-state index contributed by atoms with van der Waals surface area (Å²) in [5.41, 5.74) is 0.980. The highest BCUT2D eigenvalue weighted by Gasteiger charge is 2.09. The largest absolute Gasteiger partial charge is 0.308 e. The fourth-order valence-electron chi connectivity index (χ4n) is 2.09. The predicted molar refractivity (Wildman–Crippen MR) is 77.8 cm³/mol. The monoisotopic (exact) mass is 283 g/mol. The van der Waals surface area contributed by atoms with Crippen LogP contribution in [0.1, 0.15) is 0 Å². The molecule has 1 N–H and O–H groups in total. The lowest BCUT2D eigenvalue weighted by molar-refractivity contribution is -0.116. The molecule has 2 heterocycles. The van der Waals surface area contributed by atoms with Crippen LogP contribution in [0.3, 0.4) is 0 Å². The van der Waals surface area contributed by atoms with Crippen molar-refractivity contribution in [2.24, 2.45) is 7.05 Å². The minimum atomic E-state index is -0.315. The molecule has 0 radical (unpaired) electrons. The molecule has 3 rings (SSSR count). The second-order valence-electron chi connectivity index (χ2n) is 4.59. The standard InChI is InChI=1S/C14H13N5O2/c1-18-7-6-12(17-18)16-13(20)9-19-11-5-3-2-4-10(11)15-8-14(19)21/h2-8H,9H2,1H3,(H,16,17,20). The minimum Gasteiger partial charge on any atom is -0.308 e. The zero-order chi connectivity index (χ0) is 14.8. The van der Waals surface area contributed by atoms with Gasteiger partial charge in [-0.15, -0.1) is 0 Å². The van der Waals surface area contributed by atoms with Crippen molar-refractivity contribution < 1.29 is 4.79 Å². The lowest BCUT2D eigenvalue weighted by Gasteiger charge is -2.08. The normalized spacial score (nSPS) is 10.7. The molecule has 7 nitrogen and oxygen atoms in total. The smallest absolute Gasteiger partial charge is 0.269 e. The number of aryl methyl sites for hydroxylation is 1. The van der Waals surface area contributed by atoms with Crippen LogP contribution in [0.5, 0.6) is 0 Å². The van der Waals surface area contributed by atoms with Crippen molar-refractivity contribution in [1.29, 1.82) is 0 Å². The summed E-state index contributed by atoms with van der Waals surface area (Å²) in [6.07, 6.45) is 2.94. The highest BCUT2D eigenvalue weighted by molar-refractivity contribution is 5.90. The number of para-hydroxylation sites is 2. The molecule has 0 unspecified atom stereocenters. The van der Waals surface area contributed by atoms with Gasteiger partial charge in [0.2, 0.25) is 5.91 Å². The Morgan fingerprint density at radius 2 is 2.10 bits per heavy atom. The maximum absolute atomic E-state index is 12.0. The topological polar surface area (TPSA) is 81.8 Å². The molecule has 0 spiro atoms. The number of anilines is 1. The summed E-state index contributed by atoms with van der Waals surface area (Å²) in [4.78, 5) is 28.0. The molecule has 3 aromatic rings. The van der Waals surface area contributed by atoms with Crippen LogP contribution in [0.15, 0.2) is 47.5 Å². The van der Waals surface area contributed by atoms with Crippen molar-refractivity contribution in [3.05, 3.63) is 53.1 Å². The molecular formula is C14H13N5O2. The van der Waals surface area contributed by atoms with Crippen LogP contribution >= 0.6 is 0 Å². The molecule has 7 heteroatoms. The number of aromatic nitrogens is 4. The zero-order valence-electron chi connectivity index (χ0n) is 11.4. The van der Waals surface area contributed by atoms with E-state index in [1.165, 1.54) is 10.8 Å². The second kappa shape index (κ2) is 5.20. The molecule has 1 amide bonds. The number of hydrogen-bond acceptors (Lipinski definition) is 4. The van der Waals surface area contributed by atoms with Gasteiger partial charge in [0.15, 0.2) is 5.82 Å². The Kier molecular flexibility index (Phi) is 3.23. The van der Waals surface area contributed by atoms with E-state index in [4.69, 9.17) is 0 Å². The van der Waals surface area contributed by atoms with Crippen LogP contribution < -0.4 is 10.9 Å². The zero-order valence-corrected chi connectivity index (χ0v) is 11.4. The van der Waals surface area contributed by atoms with E-state index in [1.807, 2.05) is 6.07 Å². The first-order chi connectivity index (χ1) is 10.1. The first-order valence-corrected chi connectivity index (χ1v) is 6.37. The fraction of sp³-hybridized carbons (Fsp3) is 0.143. The van der Waals surface area contributed by atoms with Gasteiger partial charge < -0.3 is 5.32 Å². The minimum absolute atomic E-state index is 0.0849. The van der Waals surface area contributed by atoms with E-state index >= 15 is 0 Å². The number of hydrogen-bond donors (Lipinski definition) is 1. The molecule has 0 aliphatic rings. The Bertz CT molecular complexity index is 865. The van der Waals surface area contributed by atoms with E-state index in [0.717, 1.165) is 0 Å². The van der Waals surface area contributed by atoms with E-state index < -0.39 is 0 Å². The van der Waals surface area contributed by atoms with Crippen LogP contribution in [0.25, 0.3) is 11.0 Å². The van der Waals surface area contributed by atoms with Gasteiger partial charge in [-0.05, 0) is 12.1 Å². The lowest BCUT2D eigenvalue weighted by Crippen LogP contribution is -2.28. The molecule has 0 fully saturated rings. The van der Waals surface area contributed by atoms with Gasteiger partial charge in [-0.2, -0.15) is 5.10 Å². The summed E-state index contributed by atoms with van der Waals surface area (Å²) in [5.74, 6) is 0.140. The van der Waals surface area contributed by atoms with Crippen molar-refractivity contribution >= 4 is 22.8 Å². The number of carbonyl (C=O) groups is 1. The Balaban J connectivity index is 1.89. The van der Waals surface area contributed by atoms with E-state index in [9.17, 15) is 9.59 Å². The summed E-state index contributed by atoms with van der Waals surface area (Å²) in [6, 6.07) is 8.87. The number of rotatable bonds is 3. The molecule has 0 bridgehead atoms. The van der Waals surface area contributed by atoms with Gasteiger partial charge in [-0.1, -0.05) is 12.1 Å². The summed E-state index contributed by atoms with van der Waals surface area (Å²) < 4.78 is 2.98. The molecule has 0 aliphatic heterocycles. The van der Waals surface area contributed by atoms with E-state index in [2.05, 4.69) is 15.4 Å². The van der Waals surface area contributed by atoms with Gasteiger partial charge in [0, 0.05) is 19.3 Å². The van der Waals surface area contributed by atoms with E-state index in [1.54, 1.807) is 42.2 Å². The number of carbonyl (C=O) groups excluding carboxylic acids is 1. The van der Waals surface area contributed by atoms with Gasteiger partial charge >= 0.3 is 0 Å². The summed E-state index contributed by atoms with van der Waals surface area (Å²) in [6.45, 7) is -0.0849. The molecule has 0 aliphatic carbocycles. The Morgan fingerprint density at radius 1 is 1.29 bits per heavy atom. The molecule has 0 atom stereocenters. The average Bonchev–Trinajstić information content (AvgIpc) is 2.87.